The van der Waals surface area contributed by atoms with E-state index in [1.165, 1.54) is 32.1 Å². The maximum absolute atomic E-state index is 12.1. The summed E-state index contributed by atoms with van der Waals surface area (Å²) in [5, 5.41) is 0. The molecule has 2 heteroatoms. The second-order valence-electron chi connectivity index (χ2n) is 6.57. The average Bonchev–Trinajstić information content (AvgIpc) is 2.34. The Kier molecular flexibility index (Phi) is 2.92. The van der Waals surface area contributed by atoms with Crippen LogP contribution in [0.5, 0.6) is 0 Å². The summed E-state index contributed by atoms with van der Waals surface area (Å²) in [5.41, 5.74) is 0. The first-order valence-electron chi connectivity index (χ1n) is 7.39. The van der Waals surface area contributed by atoms with Crippen LogP contribution in [-0.2, 0) is 9.53 Å². The molecule has 3 aliphatic rings. The zero-order valence-corrected chi connectivity index (χ0v) is 11.0. The van der Waals surface area contributed by atoms with E-state index < -0.39 is 0 Å². The zero-order chi connectivity index (χ0) is 12.0. The first kappa shape index (κ1) is 11.6. The number of carbonyl (C=O) groups is 1. The van der Waals surface area contributed by atoms with Crippen LogP contribution in [0.1, 0.15) is 52.4 Å². The lowest BCUT2D eigenvalue weighted by Crippen LogP contribution is -2.53. The van der Waals surface area contributed by atoms with Gasteiger partial charge in [0.15, 0.2) is 0 Å². The Morgan fingerprint density at radius 2 is 1.71 bits per heavy atom. The van der Waals surface area contributed by atoms with Crippen molar-refractivity contribution in [2.45, 2.75) is 58.5 Å². The van der Waals surface area contributed by atoms with E-state index in [1.54, 1.807) is 0 Å². The normalized spacial score (nSPS) is 50.1. The highest BCUT2D eigenvalue weighted by atomic mass is 16.5. The highest BCUT2D eigenvalue weighted by Crippen LogP contribution is 2.50. The Morgan fingerprint density at radius 1 is 1.00 bits per heavy atom. The molecule has 3 rings (SSSR count). The first-order chi connectivity index (χ1) is 8.18. The van der Waals surface area contributed by atoms with Crippen molar-refractivity contribution in [1.82, 2.24) is 0 Å². The van der Waals surface area contributed by atoms with Crippen molar-refractivity contribution in [3.63, 3.8) is 0 Å². The molecular formula is C15H24O2. The van der Waals surface area contributed by atoms with E-state index in [9.17, 15) is 4.79 Å². The molecule has 1 saturated heterocycles. The second kappa shape index (κ2) is 4.29. The van der Waals surface area contributed by atoms with Crippen molar-refractivity contribution in [2.75, 3.05) is 0 Å². The monoisotopic (exact) mass is 236 g/mol. The quantitative estimate of drug-likeness (QED) is 0.603. The minimum absolute atomic E-state index is 0.122. The maximum Gasteiger partial charge on any atom is 0.309 e. The lowest BCUT2D eigenvalue weighted by Gasteiger charge is -2.51. The fourth-order valence-corrected chi connectivity index (χ4v) is 4.58. The van der Waals surface area contributed by atoms with Crippen LogP contribution in [0.3, 0.4) is 0 Å². The van der Waals surface area contributed by atoms with Crippen molar-refractivity contribution in [1.29, 1.82) is 0 Å². The molecule has 17 heavy (non-hydrogen) atoms. The van der Waals surface area contributed by atoms with Crippen LogP contribution in [0.25, 0.3) is 0 Å². The van der Waals surface area contributed by atoms with Crippen molar-refractivity contribution < 1.29 is 9.53 Å². The predicted octanol–water partition coefficient (Wildman–Crippen LogP) is 3.40. The van der Waals surface area contributed by atoms with Gasteiger partial charge in [0.1, 0.15) is 6.10 Å². The summed E-state index contributed by atoms with van der Waals surface area (Å²) < 4.78 is 5.80. The molecule has 0 spiro atoms. The molecule has 1 heterocycles. The minimum atomic E-state index is 0.122. The third-order valence-electron chi connectivity index (χ3n) is 5.54. The average molecular weight is 236 g/mol. The molecule has 2 nitrogen and oxygen atoms in total. The van der Waals surface area contributed by atoms with Crippen LogP contribution >= 0.6 is 0 Å². The van der Waals surface area contributed by atoms with Gasteiger partial charge in [-0.1, -0.05) is 26.7 Å². The number of ether oxygens (including phenoxy) is 1. The van der Waals surface area contributed by atoms with Gasteiger partial charge in [0.05, 0.1) is 5.92 Å². The van der Waals surface area contributed by atoms with E-state index >= 15 is 0 Å². The molecule has 0 aromatic rings. The van der Waals surface area contributed by atoms with Crippen LogP contribution < -0.4 is 0 Å². The number of fused-ring (bicyclic) bond motifs is 3. The molecule has 1 aliphatic heterocycles. The van der Waals surface area contributed by atoms with E-state index in [4.69, 9.17) is 4.74 Å². The molecule has 96 valence electrons. The molecule has 3 fully saturated rings. The van der Waals surface area contributed by atoms with Gasteiger partial charge >= 0.3 is 5.97 Å². The number of hydrogen-bond acceptors (Lipinski definition) is 2. The molecule has 0 radical (unpaired) electrons. The molecule has 0 amide bonds. The van der Waals surface area contributed by atoms with Gasteiger partial charge in [0, 0.05) is 5.92 Å². The molecule has 0 aromatic heterocycles. The number of esters is 1. The smallest absolute Gasteiger partial charge is 0.309 e. The Hall–Kier alpha value is -0.530. The number of rotatable bonds is 0. The SMILES string of the molecule is CC1CCC(C)C2C3CCCCC3C(=O)OC12. The van der Waals surface area contributed by atoms with Gasteiger partial charge in [0.25, 0.3) is 0 Å². The van der Waals surface area contributed by atoms with Crippen LogP contribution in [0.4, 0.5) is 0 Å². The van der Waals surface area contributed by atoms with E-state index in [-0.39, 0.29) is 18.0 Å². The summed E-state index contributed by atoms with van der Waals surface area (Å²) in [6, 6.07) is 0. The number of carbonyl (C=O) groups excluding carboxylic acids is 1. The summed E-state index contributed by atoms with van der Waals surface area (Å²) in [7, 11) is 0. The lowest BCUT2D eigenvalue weighted by molar-refractivity contribution is -0.190. The van der Waals surface area contributed by atoms with Gasteiger partial charge in [0.2, 0.25) is 0 Å². The summed E-state index contributed by atoms with van der Waals surface area (Å²) >= 11 is 0. The van der Waals surface area contributed by atoms with Gasteiger partial charge in [-0.05, 0) is 43.4 Å². The summed E-state index contributed by atoms with van der Waals surface area (Å²) in [5.74, 6) is 2.96. The van der Waals surface area contributed by atoms with Gasteiger partial charge < -0.3 is 4.74 Å². The molecule has 2 aliphatic carbocycles. The topological polar surface area (TPSA) is 26.3 Å². The second-order valence-corrected chi connectivity index (χ2v) is 6.57. The molecule has 6 atom stereocenters. The largest absolute Gasteiger partial charge is 0.462 e. The molecular weight excluding hydrogens is 212 g/mol. The Labute approximate surface area is 104 Å². The van der Waals surface area contributed by atoms with E-state index in [1.807, 2.05) is 0 Å². The Balaban J connectivity index is 1.88. The van der Waals surface area contributed by atoms with Crippen LogP contribution in [-0.4, -0.2) is 12.1 Å². The molecule has 0 aromatic carbocycles. The van der Waals surface area contributed by atoms with Crippen LogP contribution in [0.2, 0.25) is 0 Å². The van der Waals surface area contributed by atoms with Crippen LogP contribution in [0, 0.1) is 29.6 Å². The Bertz CT molecular complexity index is 312. The van der Waals surface area contributed by atoms with Gasteiger partial charge in [-0.3, -0.25) is 4.79 Å². The maximum atomic E-state index is 12.1. The van der Waals surface area contributed by atoms with Crippen molar-refractivity contribution >= 4 is 5.97 Å². The van der Waals surface area contributed by atoms with Gasteiger partial charge in [-0.15, -0.1) is 0 Å². The lowest BCUT2D eigenvalue weighted by atomic mass is 9.60. The number of hydrogen-bond donors (Lipinski definition) is 0. The predicted molar refractivity (Wildman–Crippen MR) is 66.4 cm³/mol. The van der Waals surface area contributed by atoms with Crippen molar-refractivity contribution in [3.05, 3.63) is 0 Å². The summed E-state index contributed by atoms with van der Waals surface area (Å²) in [4.78, 5) is 12.1. The third-order valence-corrected chi connectivity index (χ3v) is 5.54. The van der Waals surface area contributed by atoms with Gasteiger partial charge in [-0.2, -0.15) is 0 Å². The summed E-state index contributed by atoms with van der Waals surface area (Å²) in [6.07, 6.45) is 7.66. The van der Waals surface area contributed by atoms with E-state index in [2.05, 4.69) is 13.8 Å². The third kappa shape index (κ3) is 1.80. The van der Waals surface area contributed by atoms with Crippen molar-refractivity contribution in [3.8, 4) is 0 Å². The molecule has 0 N–H and O–H groups in total. The molecule has 0 bridgehead atoms. The minimum Gasteiger partial charge on any atom is -0.462 e. The van der Waals surface area contributed by atoms with E-state index in [0.717, 1.165) is 12.3 Å². The Morgan fingerprint density at radius 3 is 2.53 bits per heavy atom. The summed E-state index contributed by atoms with van der Waals surface area (Å²) in [6.45, 7) is 4.63. The fourth-order valence-electron chi connectivity index (χ4n) is 4.58. The molecule has 2 saturated carbocycles. The zero-order valence-electron chi connectivity index (χ0n) is 11.0. The van der Waals surface area contributed by atoms with Crippen molar-refractivity contribution in [2.24, 2.45) is 29.6 Å². The van der Waals surface area contributed by atoms with Gasteiger partial charge in [-0.25, -0.2) is 0 Å². The van der Waals surface area contributed by atoms with Crippen LogP contribution in [0.15, 0.2) is 0 Å². The van der Waals surface area contributed by atoms with E-state index in [0.29, 0.717) is 17.8 Å². The fraction of sp³-hybridized carbons (Fsp3) is 0.933. The first-order valence-corrected chi connectivity index (χ1v) is 7.39. The molecule has 6 unspecified atom stereocenters. The standard InChI is InChI=1S/C15H24O2/c1-9-7-8-10(2)14-13(9)11-5-3-4-6-12(11)15(16)17-14/h9-14H,3-8H2,1-2H3. The highest BCUT2D eigenvalue weighted by Gasteiger charge is 2.51. The highest BCUT2D eigenvalue weighted by molar-refractivity contribution is 5.74.